The van der Waals surface area contributed by atoms with E-state index in [-0.39, 0.29) is 5.91 Å². The molecule has 0 fully saturated rings. The van der Waals surface area contributed by atoms with Crippen molar-refractivity contribution in [2.75, 3.05) is 18.9 Å². The van der Waals surface area contributed by atoms with E-state index in [2.05, 4.69) is 5.32 Å². The maximum Gasteiger partial charge on any atom is 0.238 e. The zero-order valence-electron chi connectivity index (χ0n) is 10.9. The van der Waals surface area contributed by atoms with Crippen molar-refractivity contribution >= 4 is 28.8 Å². The highest BCUT2D eigenvalue weighted by Gasteiger charge is 2.09. The summed E-state index contributed by atoms with van der Waals surface area (Å²) in [5.74, 6) is -0.0497. The predicted molar refractivity (Wildman–Crippen MR) is 78.7 cm³/mol. The molecule has 0 aliphatic rings. The van der Waals surface area contributed by atoms with Gasteiger partial charge < -0.3 is 11.1 Å². The van der Waals surface area contributed by atoms with Crippen LogP contribution in [-0.2, 0) is 4.79 Å². The number of thiocarbonyl (C=S) groups is 1. The highest BCUT2D eigenvalue weighted by Crippen LogP contribution is 2.10. The van der Waals surface area contributed by atoms with E-state index >= 15 is 0 Å². The lowest BCUT2D eigenvalue weighted by atomic mass is 10.2. The van der Waals surface area contributed by atoms with Crippen LogP contribution in [0.4, 0.5) is 5.69 Å². The summed E-state index contributed by atoms with van der Waals surface area (Å²) in [6, 6.07) is 7.55. The molecule has 1 amide bonds. The number of carbonyl (C=O) groups excluding carboxylic acids is 1. The van der Waals surface area contributed by atoms with Crippen LogP contribution in [0.1, 0.15) is 19.4 Å². The molecule has 3 N–H and O–H groups in total. The normalized spacial score (nSPS) is 10.7. The molecular formula is C13H19N3OS. The molecule has 0 saturated carbocycles. The molecule has 0 aliphatic carbocycles. The summed E-state index contributed by atoms with van der Waals surface area (Å²) < 4.78 is 0. The third-order valence-electron chi connectivity index (χ3n) is 2.71. The van der Waals surface area contributed by atoms with Gasteiger partial charge in [-0.1, -0.05) is 24.4 Å². The summed E-state index contributed by atoms with van der Waals surface area (Å²) in [5.41, 5.74) is 7.01. The Morgan fingerprint density at radius 3 is 2.72 bits per heavy atom. The molecular weight excluding hydrogens is 246 g/mol. The number of hydrogen-bond donors (Lipinski definition) is 2. The Bertz CT molecular complexity index is 446. The molecule has 5 heteroatoms. The van der Waals surface area contributed by atoms with E-state index < -0.39 is 0 Å². The molecule has 1 aromatic carbocycles. The lowest BCUT2D eigenvalue weighted by molar-refractivity contribution is -0.117. The van der Waals surface area contributed by atoms with Crippen molar-refractivity contribution < 1.29 is 4.79 Å². The van der Waals surface area contributed by atoms with Gasteiger partial charge in [-0.25, -0.2) is 0 Å². The van der Waals surface area contributed by atoms with Crippen molar-refractivity contribution in [3.05, 3.63) is 29.8 Å². The fourth-order valence-electron chi connectivity index (χ4n) is 1.36. The highest BCUT2D eigenvalue weighted by atomic mass is 32.1. The topological polar surface area (TPSA) is 58.4 Å². The second-order valence-electron chi connectivity index (χ2n) is 4.50. The number of nitrogens with two attached hydrogens (primary N) is 1. The minimum absolute atomic E-state index is 0.0497. The van der Waals surface area contributed by atoms with E-state index in [4.69, 9.17) is 18.0 Å². The number of nitrogens with zero attached hydrogens (tertiary/aromatic N) is 1. The zero-order chi connectivity index (χ0) is 13.7. The maximum atomic E-state index is 11.8. The Morgan fingerprint density at radius 1 is 1.50 bits per heavy atom. The van der Waals surface area contributed by atoms with Gasteiger partial charge in [0, 0.05) is 17.3 Å². The molecule has 0 spiro atoms. The Kier molecular flexibility index (Phi) is 5.25. The van der Waals surface area contributed by atoms with Crippen LogP contribution in [0.5, 0.6) is 0 Å². The SMILES string of the molecule is CC(C)N(C)CC(=O)Nc1cccc(C(N)=S)c1. The van der Waals surface area contributed by atoms with Gasteiger partial charge in [-0.15, -0.1) is 0 Å². The van der Waals surface area contributed by atoms with Gasteiger partial charge in [-0.3, -0.25) is 9.69 Å². The van der Waals surface area contributed by atoms with Crippen LogP contribution < -0.4 is 11.1 Å². The van der Waals surface area contributed by atoms with E-state index in [1.807, 2.05) is 44.0 Å². The number of nitrogens with one attached hydrogen (secondary N) is 1. The Balaban J connectivity index is 2.65. The molecule has 0 bridgehead atoms. The van der Waals surface area contributed by atoms with Crippen LogP contribution in [0.2, 0.25) is 0 Å². The third kappa shape index (κ3) is 4.43. The average Bonchev–Trinajstić information content (AvgIpc) is 2.28. The van der Waals surface area contributed by atoms with Gasteiger partial charge in [0.2, 0.25) is 5.91 Å². The van der Waals surface area contributed by atoms with Crippen molar-refractivity contribution in [3.8, 4) is 0 Å². The van der Waals surface area contributed by atoms with Crippen LogP contribution in [0.25, 0.3) is 0 Å². The van der Waals surface area contributed by atoms with E-state index in [0.29, 0.717) is 23.3 Å². The average molecular weight is 265 g/mol. The van der Waals surface area contributed by atoms with Gasteiger partial charge in [0.25, 0.3) is 0 Å². The molecule has 18 heavy (non-hydrogen) atoms. The van der Waals surface area contributed by atoms with Crippen molar-refractivity contribution in [1.82, 2.24) is 4.90 Å². The number of amides is 1. The minimum atomic E-state index is -0.0497. The van der Waals surface area contributed by atoms with Gasteiger partial charge in [0.05, 0.1) is 6.54 Å². The van der Waals surface area contributed by atoms with Gasteiger partial charge in [-0.05, 0) is 33.0 Å². The molecule has 4 nitrogen and oxygen atoms in total. The molecule has 0 unspecified atom stereocenters. The fourth-order valence-corrected chi connectivity index (χ4v) is 1.49. The number of hydrogen-bond acceptors (Lipinski definition) is 3. The van der Waals surface area contributed by atoms with Crippen molar-refractivity contribution in [1.29, 1.82) is 0 Å². The first-order valence-corrected chi connectivity index (χ1v) is 6.21. The van der Waals surface area contributed by atoms with Crippen LogP contribution in [-0.4, -0.2) is 35.4 Å². The van der Waals surface area contributed by atoms with Crippen LogP contribution in [0.3, 0.4) is 0 Å². The van der Waals surface area contributed by atoms with E-state index in [9.17, 15) is 4.79 Å². The van der Waals surface area contributed by atoms with Gasteiger partial charge in [0.1, 0.15) is 4.99 Å². The summed E-state index contributed by atoms with van der Waals surface area (Å²) >= 11 is 4.90. The smallest absolute Gasteiger partial charge is 0.238 e. The molecule has 1 aromatic rings. The second kappa shape index (κ2) is 6.47. The van der Waals surface area contributed by atoms with Crippen LogP contribution >= 0.6 is 12.2 Å². The molecule has 0 saturated heterocycles. The standard InChI is InChI=1S/C13H19N3OS/c1-9(2)16(3)8-12(17)15-11-6-4-5-10(7-11)13(14)18/h4-7,9H,8H2,1-3H3,(H2,14,18)(H,15,17). The lowest BCUT2D eigenvalue weighted by Gasteiger charge is -2.20. The van der Waals surface area contributed by atoms with E-state index in [1.54, 1.807) is 6.07 Å². The Morgan fingerprint density at radius 2 is 2.17 bits per heavy atom. The molecule has 98 valence electrons. The second-order valence-corrected chi connectivity index (χ2v) is 4.94. The number of carbonyl (C=O) groups is 1. The predicted octanol–water partition coefficient (Wildman–Crippen LogP) is 1.60. The Labute approximate surface area is 113 Å². The molecule has 0 aromatic heterocycles. The number of benzene rings is 1. The molecule has 0 radical (unpaired) electrons. The molecule has 1 rings (SSSR count). The Hall–Kier alpha value is -1.46. The van der Waals surface area contributed by atoms with Gasteiger partial charge in [-0.2, -0.15) is 0 Å². The molecule has 0 atom stereocenters. The summed E-state index contributed by atoms with van der Waals surface area (Å²) in [4.78, 5) is 14.1. The largest absolute Gasteiger partial charge is 0.389 e. The third-order valence-corrected chi connectivity index (χ3v) is 2.94. The fraction of sp³-hybridized carbons (Fsp3) is 0.385. The van der Waals surface area contributed by atoms with Gasteiger partial charge in [0.15, 0.2) is 0 Å². The van der Waals surface area contributed by atoms with Crippen molar-refractivity contribution in [3.63, 3.8) is 0 Å². The summed E-state index contributed by atoms with van der Waals surface area (Å²) in [6.45, 7) is 4.44. The highest BCUT2D eigenvalue weighted by molar-refractivity contribution is 7.80. The van der Waals surface area contributed by atoms with Crippen LogP contribution in [0, 0.1) is 0 Å². The number of likely N-dealkylation sites (N-methyl/N-ethyl adjacent to an activating group) is 1. The van der Waals surface area contributed by atoms with Crippen LogP contribution in [0.15, 0.2) is 24.3 Å². The first-order chi connectivity index (χ1) is 8.40. The maximum absolute atomic E-state index is 11.8. The van der Waals surface area contributed by atoms with E-state index in [1.165, 1.54) is 0 Å². The minimum Gasteiger partial charge on any atom is -0.389 e. The zero-order valence-corrected chi connectivity index (χ0v) is 11.8. The van der Waals surface area contributed by atoms with Gasteiger partial charge >= 0.3 is 0 Å². The summed E-state index contributed by atoms with van der Waals surface area (Å²) in [7, 11) is 1.91. The summed E-state index contributed by atoms with van der Waals surface area (Å²) in [5, 5.41) is 2.83. The quantitative estimate of drug-likeness (QED) is 0.794. The number of rotatable bonds is 5. The van der Waals surface area contributed by atoms with Crippen molar-refractivity contribution in [2.45, 2.75) is 19.9 Å². The van der Waals surface area contributed by atoms with Crippen molar-refractivity contribution in [2.24, 2.45) is 5.73 Å². The first kappa shape index (κ1) is 14.6. The molecule has 0 aliphatic heterocycles. The summed E-state index contributed by atoms with van der Waals surface area (Å²) in [6.07, 6.45) is 0. The van der Waals surface area contributed by atoms with E-state index in [0.717, 1.165) is 5.56 Å². The monoisotopic (exact) mass is 265 g/mol. The number of anilines is 1. The molecule has 0 heterocycles. The first-order valence-electron chi connectivity index (χ1n) is 5.80. The lowest BCUT2D eigenvalue weighted by Crippen LogP contribution is -2.34.